The number of rotatable bonds is 5. The van der Waals surface area contributed by atoms with E-state index in [0.29, 0.717) is 0 Å². The molecule has 1 rings (SSSR count). The number of piperidine rings is 1. The lowest BCUT2D eigenvalue weighted by Gasteiger charge is -2.40. The van der Waals surface area contributed by atoms with E-state index in [2.05, 4.69) is 6.92 Å². The summed E-state index contributed by atoms with van der Waals surface area (Å²) in [5, 5.41) is 0. The molecule has 1 fully saturated rings. The van der Waals surface area contributed by atoms with Gasteiger partial charge >= 0.3 is 6.09 Å². The van der Waals surface area contributed by atoms with E-state index in [4.69, 9.17) is 9.47 Å². The summed E-state index contributed by atoms with van der Waals surface area (Å²) in [5.74, 6) is 0. The van der Waals surface area contributed by atoms with Crippen LogP contribution in [0.4, 0.5) is 4.79 Å². The number of methoxy groups -OCH3 is 2. The Morgan fingerprint density at radius 3 is 2.65 bits per heavy atom. The van der Waals surface area contributed by atoms with E-state index >= 15 is 0 Å². The Hall–Kier alpha value is -0.770. The van der Waals surface area contributed by atoms with Gasteiger partial charge in [0.25, 0.3) is 0 Å². The first-order chi connectivity index (χ1) is 8.24. The van der Waals surface area contributed by atoms with Gasteiger partial charge in [0.2, 0.25) is 0 Å². The monoisotopic (exact) mass is 243 g/mol. The molecule has 0 saturated carbocycles. The minimum atomic E-state index is -0.252. The summed E-state index contributed by atoms with van der Waals surface area (Å²) in [4.78, 5) is 13.6. The van der Waals surface area contributed by atoms with Gasteiger partial charge in [-0.3, -0.25) is 4.90 Å². The molecule has 1 saturated heterocycles. The van der Waals surface area contributed by atoms with Crippen LogP contribution in [0.3, 0.4) is 0 Å². The van der Waals surface area contributed by atoms with Crippen molar-refractivity contribution in [1.29, 1.82) is 0 Å². The molecule has 4 heteroatoms. The van der Waals surface area contributed by atoms with Crippen molar-refractivity contribution in [3.63, 3.8) is 0 Å². The third-order valence-electron chi connectivity index (χ3n) is 3.49. The zero-order valence-corrected chi connectivity index (χ0v) is 11.3. The highest BCUT2D eigenvalue weighted by atomic mass is 16.6. The molecular weight excluding hydrogens is 218 g/mol. The lowest BCUT2D eigenvalue weighted by atomic mass is 9.96. The number of unbranched alkanes of at least 4 members (excludes halogenated alkanes) is 2. The SMILES string of the molecule is CCCCC[C@H]1CCC[C@H](OC)N1C(=O)OC. The van der Waals surface area contributed by atoms with Gasteiger partial charge in [-0.2, -0.15) is 0 Å². The molecule has 1 heterocycles. The topological polar surface area (TPSA) is 38.8 Å². The maximum atomic E-state index is 11.8. The molecule has 17 heavy (non-hydrogen) atoms. The Bertz CT molecular complexity index is 233. The van der Waals surface area contributed by atoms with Crippen LogP contribution in [0.25, 0.3) is 0 Å². The van der Waals surface area contributed by atoms with E-state index < -0.39 is 0 Å². The third-order valence-corrected chi connectivity index (χ3v) is 3.49. The molecule has 4 nitrogen and oxygen atoms in total. The van der Waals surface area contributed by atoms with Crippen LogP contribution in [-0.4, -0.2) is 37.5 Å². The molecule has 0 aliphatic carbocycles. The van der Waals surface area contributed by atoms with Crippen molar-refractivity contribution in [2.45, 2.75) is 64.1 Å². The van der Waals surface area contributed by atoms with Crippen LogP contribution in [0, 0.1) is 0 Å². The second kappa shape index (κ2) is 7.54. The van der Waals surface area contributed by atoms with Crippen LogP contribution in [0.2, 0.25) is 0 Å². The standard InChI is InChI=1S/C13H25NO3/c1-4-5-6-8-11-9-7-10-12(16-2)14(11)13(15)17-3/h11-12H,4-10H2,1-3H3/t11-,12-/m0/s1. The molecule has 0 unspecified atom stereocenters. The highest BCUT2D eigenvalue weighted by Crippen LogP contribution is 2.27. The molecule has 0 aromatic carbocycles. The van der Waals surface area contributed by atoms with Crippen LogP contribution < -0.4 is 0 Å². The Morgan fingerprint density at radius 1 is 1.29 bits per heavy atom. The van der Waals surface area contributed by atoms with E-state index in [1.54, 1.807) is 12.0 Å². The van der Waals surface area contributed by atoms with Gasteiger partial charge in [0, 0.05) is 13.2 Å². The van der Waals surface area contributed by atoms with Crippen molar-refractivity contribution in [3.8, 4) is 0 Å². The summed E-state index contributed by atoms with van der Waals surface area (Å²) in [6.45, 7) is 2.19. The van der Waals surface area contributed by atoms with Crippen LogP contribution in [0.15, 0.2) is 0 Å². The number of carbonyl (C=O) groups excluding carboxylic acids is 1. The van der Waals surface area contributed by atoms with E-state index in [1.807, 2.05) is 0 Å². The maximum absolute atomic E-state index is 11.8. The van der Waals surface area contributed by atoms with Crippen LogP contribution in [-0.2, 0) is 9.47 Å². The molecule has 1 aliphatic rings. The fourth-order valence-corrected chi connectivity index (χ4v) is 2.56. The molecule has 1 aliphatic heterocycles. The Balaban J connectivity index is 2.60. The minimum absolute atomic E-state index is 0.108. The fraction of sp³-hybridized carbons (Fsp3) is 0.923. The van der Waals surface area contributed by atoms with Crippen molar-refractivity contribution in [1.82, 2.24) is 4.90 Å². The maximum Gasteiger partial charge on any atom is 0.411 e. The summed E-state index contributed by atoms with van der Waals surface area (Å²) in [6.07, 6.45) is 7.41. The number of hydrogen-bond donors (Lipinski definition) is 0. The predicted molar refractivity (Wildman–Crippen MR) is 66.8 cm³/mol. The van der Waals surface area contributed by atoms with Crippen LogP contribution >= 0.6 is 0 Å². The molecule has 0 radical (unpaired) electrons. The van der Waals surface area contributed by atoms with E-state index in [-0.39, 0.29) is 18.4 Å². The zero-order chi connectivity index (χ0) is 12.7. The molecule has 2 atom stereocenters. The van der Waals surface area contributed by atoms with Gasteiger partial charge in [-0.25, -0.2) is 4.79 Å². The summed E-state index contributed by atoms with van der Waals surface area (Å²) in [5.41, 5.74) is 0. The summed E-state index contributed by atoms with van der Waals surface area (Å²) < 4.78 is 10.3. The molecule has 0 aromatic rings. The summed E-state index contributed by atoms with van der Waals surface area (Å²) in [7, 11) is 3.10. The Morgan fingerprint density at radius 2 is 2.06 bits per heavy atom. The average molecular weight is 243 g/mol. The summed E-state index contributed by atoms with van der Waals surface area (Å²) in [6, 6.07) is 0.285. The minimum Gasteiger partial charge on any atom is -0.453 e. The molecule has 0 N–H and O–H groups in total. The van der Waals surface area contributed by atoms with Crippen molar-refractivity contribution in [2.24, 2.45) is 0 Å². The van der Waals surface area contributed by atoms with Crippen LogP contribution in [0.5, 0.6) is 0 Å². The normalized spacial score (nSPS) is 24.8. The third kappa shape index (κ3) is 3.87. The van der Waals surface area contributed by atoms with Gasteiger partial charge in [0.15, 0.2) is 0 Å². The molecule has 0 spiro atoms. The molecule has 1 amide bonds. The predicted octanol–water partition coefficient (Wildman–Crippen LogP) is 3.16. The largest absolute Gasteiger partial charge is 0.453 e. The Kier molecular flexibility index (Phi) is 6.34. The smallest absolute Gasteiger partial charge is 0.411 e. The molecule has 0 bridgehead atoms. The van der Waals surface area contributed by atoms with Crippen molar-refractivity contribution in [3.05, 3.63) is 0 Å². The number of ether oxygens (including phenoxy) is 2. The number of nitrogens with zero attached hydrogens (tertiary/aromatic N) is 1. The van der Waals surface area contributed by atoms with Gasteiger partial charge in [-0.05, 0) is 25.7 Å². The summed E-state index contributed by atoms with van der Waals surface area (Å²) >= 11 is 0. The second-order valence-electron chi connectivity index (χ2n) is 4.65. The average Bonchev–Trinajstić information content (AvgIpc) is 2.37. The molecule has 100 valence electrons. The van der Waals surface area contributed by atoms with Crippen LogP contribution in [0.1, 0.15) is 51.9 Å². The van der Waals surface area contributed by atoms with E-state index in [9.17, 15) is 4.79 Å². The van der Waals surface area contributed by atoms with Crippen molar-refractivity contribution >= 4 is 6.09 Å². The quantitative estimate of drug-likeness (QED) is 0.696. The number of amides is 1. The van der Waals surface area contributed by atoms with E-state index in [1.165, 1.54) is 26.4 Å². The first kappa shape index (κ1) is 14.3. The van der Waals surface area contributed by atoms with Crippen molar-refractivity contribution in [2.75, 3.05) is 14.2 Å². The van der Waals surface area contributed by atoms with Gasteiger partial charge in [-0.15, -0.1) is 0 Å². The first-order valence-electron chi connectivity index (χ1n) is 6.63. The van der Waals surface area contributed by atoms with Gasteiger partial charge in [0.05, 0.1) is 7.11 Å². The van der Waals surface area contributed by atoms with E-state index in [0.717, 1.165) is 25.7 Å². The second-order valence-corrected chi connectivity index (χ2v) is 4.65. The van der Waals surface area contributed by atoms with Gasteiger partial charge < -0.3 is 9.47 Å². The van der Waals surface area contributed by atoms with Gasteiger partial charge in [0.1, 0.15) is 6.23 Å². The number of carbonyl (C=O) groups is 1. The van der Waals surface area contributed by atoms with Crippen molar-refractivity contribution < 1.29 is 14.3 Å². The number of hydrogen-bond acceptors (Lipinski definition) is 3. The van der Waals surface area contributed by atoms with Gasteiger partial charge in [-0.1, -0.05) is 26.2 Å². The zero-order valence-electron chi connectivity index (χ0n) is 11.3. The fourth-order valence-electron chi connectivity index (χ4n) is 2.56. The highest BCUT2D eigenvalue weighted by Gasteiger charge is 2.34. The Labute approximate surface area is 104 Å². The highest BCUT2D eigenvalue weighted by molar-refractivity contribution is 5.68. The molecule has 0 aromatic heterocycles. The lowest BCUT2D eigenvalue weighted by molar-refractivity contribution is -0.0710. The number of likely N-dealkylation sites (tertiary alicyclic amines) is 1. The molecular formula is C13H25NO3. The first-order valence-corrected chi connectivity index (χ1v) is 6.63. The lowest BCUT2D eigenvalue weighted by Crippen LogP contribution is -2.50.